The summed E-state index contributed by atoms with van der Waals surface area (Å²) in [5, 5.41) is 11.7. The molecule has 3 N–H and O–H groups in total. The zero-order valence-corrected chi connectivity index (χ0v) is 12.3. The van der Waals surface area contributed by atoms with Gasteiger partial charge in [-0.3, -0.25) is 4.79 Å². The minimum atomic E-state index is -0.471. The number of halogens is 2. The van der Waals surface area contributed by atoms with Gasteiger partial charge in [0, 0.05) is 24.6 Å². The number of hydrogen-bond acceptors (Lipinski definition) is 3. The van der Waals surface area contributed by atoms with Crippen molar-refractivity contribution in [2.24, 2.45) is 16.8 Å². The second kappa shape index (κ2) is 6.21. The third-order valence-corrected chi connectivity index (χ3v) is 4.05. The largest absolute Gasteiger partial charge is 0.409 e. The van der Waals surface area contributed by atoms with Crippen molar-refractivity contribution in [3.63, 3.8) is 0 Å². The van der Waals surface area contributed by atoms with Crippen molar-refractivity contribution in [1.82, 2.24) is 4.90 Å². The first-order valence-corrected chi connectivity index (χ1v) is 7.04. The van der Waals surface area contributed by atoms with Gasteiger partial charge in [-0.2, -0.15) is 0 Å². The third-order valence-electron chi connectivity index (χ3n) is 3.41. The fourth-order valence-corrected chi connectivity index (χ4v) is 2.54. The van der Waals surface area contributed by atoms with Gasteiger partial charge in [-0.05, 0) is 47.0 Å². The van der Waals surface area contributed by atoms with E-state index in [-0.39, 0.29) is 17.7 Å². The zero-order valence-electron chi connectivity index (χ0n) is 10.7. The summed E-state index contributed by atoms with van der Waals surface area (Å²) in [7, 11) is 0. The van der Waals surface area contributed by atoms with Crippen LogP contribution in [0, 0.1) is 11.7 Å². The Kier molecular flexibility index (Phi) is 4.59. The van der Waals surface area contributed by atoms with E-state index in [1.807, 2.05) is 0 Å². The summed E-state index contributed by atoms with van der Waals surface area (Å²) >= 11 is 3.05. The SMILES string of the molecule is NC(=NO)C1CCCN(C(=O)c2ccc(Br)c(F)c2)C1. The van der Waals surface area contributed by atoms with Crippen molar-refractivity contribution >= 4 is 27.7 Å². The van der Waals surface area contributed by atoms with Gasteiger partial charge in [-0.1, -0.05) is 5.16 Å². The average Bonchev–Trinajstić information content (AvgIpc) is 2.48. The van der Waals surface area contributed by atoms with E-state index in [2.05, 4.69) is 21.1 Å². The summed E-state index contributed by atoms with van der Waals surface area (Å²) in [6.45, 7) is 0.970. The van der Waals surface area contributed by atoms with Gasteiger partial charge < -0.3 is 15.8 Å². The maximum absolute atomic E-state index is 13.5. The van der Waals surface area contributed by atoms with Crippen LogP contribution in [0.3, 0.4) is 0 Å². The number of amides is 1. The molecule has 0 aromatic heterocycles. The molecule has 20 heavy (non-hydrogen) atoms. The highest BCUT2D eigenvalue weighted by Gasteiger charge is 2.27. The molecule has 1 atom stereocenters. The van der Waals surface area contributed by atoms with Crippen molar-refractivity contribution in [2.75, 3.05) is 13.1 Å². The topological polar surface area (TPSA) is 78.9 Å². The second-order valence-corrected chi connectivity index (χ2v) is 5.60. The molecule has 2 rings (SSSR count). The molecule has 0 saturated carbocycles. The molecule has 1 amide bonds. The minimum absolute atomic E-state index is 0.129. The maximum atomic E-state index is 13.5. The Labute approximate surface area is 124 Å². The molecule has 5 nitrogen and oxygen atoms in total. The van der Waals surface area contributed by atoms with Crippen LogP contribution in [0.15, 0.2) is 27.8 Å². The standard InChI is InChI=1S/C13H15BrFN3O2/c14-10-4-3-8(6-11(10)15)13(19)18-5-1-2-9(7-18)12(16)17-20/h3-4,6,9,20H,1-2,5,7H2,(H2,16,17). The first kappa shape index (κ1) is 14.8. The molecule has 1 fully saturated rings. The molecule has 1 heterocycles. The van der Waals surface area contributed by atoms with Gasteiger partial charge in [0.05, 0.1) is 4.47 Å². The van der Waals surface area contributed by atoms with Crippen LogP contribution in [0.25, 0.3) is 0 Å². The molecule has 7 heteroatoms. The quantitative estimate of drug-likeness (QED) is 0.374. The predicted molar refractivity (Wildman–Crippen MR) is 76.1 cm³/mol. The van der Waals surface area contributed by atoms with Crippen LogP contribution >= 0.6 is 15.9 Å². The van der Waals surface area contributed by atoms with Crippen LogP contribution in [-0.2, 0) is 0 Å². The number of nitrogens with zero attached hydrogens (tertiary/aromatic N) is 2. The highest BCUT2D eigenvalue weighted by molar-refractivity contribution is 9.10. The fourth-order valence-electron chi connectivity index (χ4n) is 2.30. The normalized spacial score (nSPS) is 20.0. The van der Waals surface area contributed by atoms with E-state index in [0.29, 0.717) is 23.1 Å². The van der Waals surface area contributed by atoms with Crippen molar-refractivity contribution in [1.29, 1.82) is 0 Å². The van der Waals surface area contributed by atoms with E-state index in [0.717, 1.165) is 12.8 Å². The molecule has 1 aliphatic rings. The van der Waals surface area contributed by atoms with Crippen LogP contribution < -0.4 is 5.73 Å². The highest BCUT2D eigenvalue weighted by Crippen LogP contribution is 2.21. The average molecular weight is 344 g/mol. The number of carbonyl (C=O) groups is 1. The van der Waals surface area contributed by atoms with Gasteiger partial charge in [0.25, 0.3) is 5.91 Å². The molecule has 108 valence electrons. The minimum Gasteiger partial charge on any atom is -0.409 e. The van der Waals surface area contributed by atoms with Gasteiger partial charge in [0.2, 0.25) is 0 Å². The number of benzene rings is 1. The van der Waals surface area contributed by atoms with Gasteiger partial charge in [-0.15, -0.1) is 0 Å². The number of hydrogen-bond donors (Lipinski definition) is 2. The van der Waals surface area contributed by atoms with E-state index >= 15 is 0 Å². The van der Waals surface area contributed by atoms with Crippen molar-refractivity contribution in [3.8, 4) is 0 Å². The molecule has 1 aromatic carbocycles. The first-order valence-electron chi connectivity index (χ1n) is 6.24. The van der Waals surface area contributed by atoms with Crippen LogP contribution in [0.2, 0.25) is 0 Å². The number of likely N-dealkylation sites (tertiary alicyclic amines) is 1. The smallest absolute Gasteiger partial charge is 0.253 e. The van der Waals surface area contributed by atoms with Crippen molar-refractivity contribution in [3.05, 3.63) is 34.1 Å². The molecule has 0 radical (unpaired) electrons. The van der Waals surface area contributed by atoms with Crippen molar-refractivity contribution < 1.29 is 14.4 Å². The summed E-state index contributed by atoms with van der Waals surface area (Å²) in [5.74, 6) is -0.741. The molecular formula is C13H15BrFN3O2. The summed E-state index contributed by atoms with van der Waals surface area (Å²) in [6.07, 6.45) is 1.54. The van der Waals surface area contributed by atoms with Crippen molar-refractivity contribution in [2.45, 2.75) is 12.8 Å². The molecular weight excluding hydrogens is 329 g/mol. The molecule has 1 unspecified atom stereocenters. The molecule has 1 saturated heterocycles. The van der Waals surface area contributed by atoms with Gasteiger partial charge in [0.1, 0.15) is 11.7 Å². The third kappa shape index (κ3) is 3.09. The predicted octanol–water partition coefficient (Wildman–Crippen LogP) is 2.19. The zero-order chi connectivity index (χ0) is 14.7. The lowest BCUT2D eigenvalue weighted by Crippen LogP contribution is -2.44. The van der Waals surface area contributed by atoms with Crippen LogP contribution in [0.1, 0.15) is 23.2 Å². The Hall–Kier alpha value is -1.63. The van der Waals surface area contributed by atoms with E-state index in [1.165, 1.54) is 12.1 Å². The van der Waals surface area contributed by atoms with E-state index in [1.54, 1.807) is 11.0 Å². The van der Waals surface area contributed by atoms with Crippen LogP contribution in [0.4, 0.5) is 4.39 Å². The van der Waals surface area contributed by atoms with Crippen LogP contribution in [-0.4, -0.2) is 34.9 Å². The number of rotatable bonds is 2. The van der Waals surface area contributed by atoms with E-state index in [4.69, 9.17) is 10.9 Å². The van der Waals surface area contributed by atoms with E-state index < -0.39 is 5.82 Å². The Morgan fingerprint density at radius 3 is 2.95 bits per heavy atom. The maximum Gasteiger partial charge on any atom is 0.253 e. The molecule has 0 bridgehead atoms. The van der Waals surface area contributed by atoms with Gasteiger partial charge >= 0.3 is 0 Å². The number of piperidine rings is 1. The Balaban J connectivity index is 2.14. The van der Waals surface area contributed by atoms with Crippen LogP contribution in [0.5, 0.6) is 0 Å². The summed E-state index contributed by atoms with van der Waals surface area (Å²) < 4.78 is 13.8. The Bertz CT molecular complexity index is 550. The number of carbonyl (C=O) groups excluding carboxylic acids is 1. The summed E-state index contributed by atoms with van der Waals surface area (Å²) in [5.41, 5.74) is 5.89. The Morgan fingerprint density at radius 1 is 1.55 bits per heavy atom. The summed E-state index contributed by atoms with van der Waals surface area (Å²) in [4.78, 5) is 13.9. The molecule has 0 spiro atoms. The molecule has 1 aromatic rings. The molecule has 0 aliphatic carbocycles. The number of amidine groups is 1. The Morgan fingerprint density at radius 2 is 2.30 bits per heavy atom. The lowest BCUT2D eigenvalue weighted by atomic mass is 9.96. The van der Waals surface area contributed by atoms with Gasteiger partial charge in [0.15, 0.2) is 0 Å². The van der Waals surface area contributed by atoms with Gasteiger partial charge in [-0.25, -0.2) is 4.39 Å². The second-order valence-electron chi connectivity index (χ2n) is 4.74. The summed E-state index contributed by atoms with van der Waals surface area (Å²) in [6, 6.07) is 4.29. The number of oxime groups is 1. The lowest BCUT2D eigenvalue weighted by Gasteiger charge is -2.32. The highest BCUT2D eigenvalue weighted by atomic mass is 79.9. The monoisotopic (exact) mass is 343 g/mol. The fraction of sp³-hybridized carbons (Fsp3) is 0.385. The molecule has 1 aliphatic heterocycles. The van der Waals surface area contributed by atoms with E-state index in [9.17, 15) is 9.18 Å². The lowest BCUT2D eigenvalue weighted by molar-refractivity contribution is 0.0701. The first-order chi connectivity index (χ1) is 9.52. The number of nitrogens with two attached hydrogens (primary N) is 1.